The summed E-state index contributed by atoms with van der Waals surface area (Å²) in [4.78, 5) is 11.4. The zero-order valence-electron chi connectivity index (χ0n) is 8.72. The maximum Gasteiger partial charge on any atom is 0.238 e. The van der Waals surface area contributed by atoms with Gasteiger partial charge in [-0.2, -0.15) is 0 Å². The summed E-state index contributed by atoms with van der Waals surface area (Å²) >= 11 is 11.7. The van der Waals surface area contributed by atoms with E-state index < -0.39 is 0 Å². The van der Waals surface area contributed by atoms with Crippen molar-refractivity contribution in [1.82, 2.24) is 5.32 Å². The molecule has 1 aromatic carbocycles. The van der Waals surface area contributed by atoms with Crippen LogP contribution in [0.3, 0.4) is 0 Å². The SMILES string of the molecule is CCNCC(=O)Nc1cc(Cl)ccc1Cl.Cl. The van der Waals surface area contributed by atoms with E-state index in [0.717, 1.165) is 6.54 Å². The predicted molar refractivity (Wildman–Crippen MR) is 70.9 cm³/mol. The molecule has 1 rings (SSSR count). The third-order valence-electron chi connectivity index (χ3n) is 1.74. The molecule has 0 unspecified atom stereocenters. The summed E-state index contributed by atoms with van der Waals surface area (Å²) in [6.07, 6.45) is 0. The fraction of sp³-hybridized carbons (Fsp3) is 0.300. The zero-order valence-corrected chi connectivity index (χ0v) is 11.0. The minimum absolute atomic E-state index is 0. The van der Waals surface area contributed by atoms with Crippen LogP contribution in [0.1, 0.15) is 6.92 Å². The summed E-state index contributed by atoms with van der Waals surface area (Å²) in [5.41, 5.74) is 0.534. The van der Waals surface area contributed by atoms with Gasteiger partial charge in [-0.25, -0.2) is 0 Å². The number of halogens is 3. The number of nitrogens with one attached hydrogen (secondary N) is 2. The Hall–Kier alpha value is -0.480. The van der Waals surface area contributed by atoms with Gasteiger partial charge in [0.15, 0.2) is 0 Å². The van der Waals surface area contributed by atoms with Crippen LogP contribution in [-0.2, 0) is 4.79 Å². The van der Waals surface area contributed by atoms with Crippen molar-refractivity contribution >= 4 is 47.2 Å². The molecule has 6 heteroatoms. The summed E-state index contributed by atoms with van der Waals surface area (Å²) < 4.78 is 0. The molecule has 90 valence electrons. The molecule has 0 saturated carbocycles. The molecular formula is C10H13Cl3N2O. The average Bonchev–Trinajstić information content (AvgIpc) is 2.20. The third kappa shape index (κ3) is 5.03. The van der Waals surface area contributed by atoms with Gasteiger partial charge in [0.25, 0.3) is 0 Å². The first kappa shape index (κ1) is 15.5. The Bertz CT molecular complexity index is 358. The van der Waals surface area contributed by atoms with Crippen LogP contribution >= 0.6 is 35.6 Å². The summed E-state index contributed by atoms with van der Waals surface area (Å²) in [5, 5.41) is 6.60. The highest BCUT2D eigenvalue weighted by Gasteiger charge is 2.05. The van der Waals surface area contributed by atoms with E-state index in [1.807, 2.05) is 6.92 Å². The van der Waals surface area contributed by atoms with Crippen LogP contribution in [0.2, 0.25) is 10.0 Å². The number of anilines is 1. The second-order valence-corrected chi connectivity index (χ2v) is 3.80. The molecule has 0 bridgehead atoms. The quantitative estimate of drug-likeness (QED) is 0.892. The molecule has 0 spiro atoms. The number of likely N-dealkylation sites (N-methyl/N-ethyl adjacent to an activating group) is 1. The van der Waals surface area contributed by atoms with E-state index in [1.54, 1.807) is 18.2 Å². The molecule has 1 amide bonds. The van der Waals surface area contributed by atoms with Gasteiger partial charge in [-0.1, -0.05) is 30.1 Å². The van der Waals surface area contributed by atoms with Gasteiger partial charge in [-0.05, 0) is 24.7 Å². The van der Waals surface area contributed by atoms with Crippen LogP contribution in [0.4, 0.5) is 5.69 Å². The molecule has 0 saturated heterocycles. The number of rotatable bonds is 4. The van der Waals surface area contributed by atoms with Gasteiger partial charge < -0.3 is 10.6 Å². The van der Waals surface area contributed by atoms with E-state index in [0.29, 0.717) is 15.7 Å². The number of hydrogen-bond donors (Lipinski definition) is 2. The fourth-order valence-electron chi connectivity index (χ4n) is 1.03. The monoisotopic (exact) mass is 282 g/mol. The zero-order chi connectivity index (χ0) is 11.3. The molecule has 16 heavy (non-hydrogen) atoms. The van der Waals surface area contributed by atoms with Gasteiger partial charge in [-0.3, -0.25) is 4.79 Å². The van der Waals surface area contributed by atoms with Gasteiger partial charge in [-0.15, -0.1) is 12.4 Å². The molecule has 0 fully saturated rings. The van der Waals surface area contributed by atoms with Gasteiger partial charge in [0.1, 0.15) is 0 Å². The van der Waals surface area contributed by atoms with Crippen LogP contribution in [0.15, 0.2) is 18.2 Å². The van der Waals surface area contributed by atoms with Crippen molar-refractivity contribution in [2.24, 2.45) is 0 Å². The Morgan fingerprint density at radius 3 is 2.69 bits per heavy atom. The molecule has 0 aliphatic rings. The van der Waals surface area contributed by atoms with Crippen LogP contribution in [0.25, 0.3) is 0 Å². The van der Waals surface area contributed by atoms with E-state index in [4.69, 9.17) is 23.2 Å². The lowest BCUT2D eigenvalue weighted by Gasteiger charge is -2.07. The molecule has 3 nitrogen and oxygen atoms in total. The lowest BCUT2D eigenvalue weighted by atomic mass is 10.3. The van der Waals surface area contributed by atoms with Crippen molar-refractivity contribution in [2.75, 3.05) is 18.4 Å². The first-order chi connectivity index (χ1) is 7.13. The summed E-state index contributed by atoms with van der Waals surface area (Å²) in [7, 11) is 0. The highest BCUT2D eigenvalue weighted by molar-refractivity contribution is 6.35. The summed E-state index contributed by atoms with van der Waals surface area (Å²) in [6.45, 7) is 2.94. The predicted octanol–water partition coefficient (Wildman–Crippen LogP) is 2.96. The third-order valence-corrected chi connectivity index (χ3v) is 2.30. The van der Waals surface area contributed by atoms with Crippen LogP contribution in [0, 0.1) is 0 Å². The average molecular weight is 284 g/mol. The maximum absolute atomic E-state index is 11.4. The van der Waals surface area contributed by atoms with Crippen LogP contribution in [0.5, 0.6) is 0 Å². The maximum atomic E-state index is 11.4. The first-order valence-electron chi connectivity index (χ1n) is 4.59. The minimum Gasteiger partial charge on any atom is -0.324 e. The van der Waals surface area contributed by atoms with Crippen LogP contribution in [-0.4, -0.2) is 19.0 Å². The molecule has 0 aliphatic heterocycles. The number of benzene rings is 1. The highest BCUT2D eigenvalue weighted by Crippen LogP contribution is 2.25. The lowest BCUT2D eigenvalue weighted by molar-refractivity contribution is -0.115. The minimum atomic E-state index is -0.138. The van der Waals surface area contributed by atoms with Gasteiger partial charge in [0.2, 0.25) is 5.91 Å². The van der Waals surface area contributed by atoms with Crippen molar-refractivity contribution in [3.8, 4) is 0 Å². The Morgan fingerprint density at radius 2 is 2.06 bits per heavy atom. The van der Waals surface area contributed by atoms with Crippen molar-refractivity contribution in [2.45, 2.75) is 6.92 Å². The molecule has 1 aromatic rings. The Morgan fingerprint density at radius 1 is 1.38 bits per heavy atom. The molecular weight excluding hydrogens is 270 g/mol. The van der Waals surface area contributed by atoms with Gasteiger partial charge >= 0.3 is 0 Å². The topological polar surface area (TPSA) is 41.1 Å². The molecule has 0 radical (unpaired) electrons. The fourth-order valence-corrected chi connectivity index (χ4v) is 1.36. The van der Waals surface area contributed by atoms with E-state index >= 15 is 0 Å². The van der Waals surface area contributed by atoms with Gasteiger partial charge in [0.05, 0.1) is 17.3 Å². The Balaban J connectivity index is 0.00000225. The molecule has 0 atom stereocenters. The molecule has 0 aliphatic carbocycles. The first-order valence-corrected chi connectivity index (χ1v) is 5.34. The summed E-state index contributed by atoms with van der Waals surface area (Å²) in [6, 6.07) is 4.93. The number of amides is 1. The second-order valence-electron chi connectivity index (χ2n) is 2.95. The van der Waals surface area contributed by atoms with Crippen molar-refractivity contribution in [1.29, 1.82) is 0 Å². The largest absolute Gasteiger partial charge is 0.324 e. The molecule has 0 heterocycles. The van der Waals surface area contributed by atoms with E-state index in [1.165, 1.54) is 0 Å². The molecule has 2 N–H and O–H groups in total. The van der Waals surface area contributed by atoms with Crippen molar-refractivity contribution in [3.63, 3.8) is 0 Å². The molecule has 0 aromatic heterocycles. The highest BCUT2D eigenvalue weighted by atomic mass is 35.5. The standard InChI is InChI=1S/C10H12Cl2N2O.ClH/c1-2-13-6-10(15)14-9-5-7(11)3-4-8(9)12;/h3-5,13H,2,6H2,1H3,(H,14,15);1H. The lowest BCUT2D eigenvalue weighted by Crippen LogP contribution is -2.27. The smallest absolute Gasteiger partial charge is 0.238 e. The summed E-state index contributed by atoms with van der Waals surface area (Å²) in [5.74, 6) is -0.138. The van der Waals surface area contributed by atoms with E-state index in [9.17, 15) is 4.79 Å². The Kier molecular flexibility index (Phi) is 7.51. The van der Waals surface area contributed by atoms with Crippen molar-refractivity contribution in [3.05, 3.63) is 28.2 Å². The van der Waals surface area contributed by atoms with E-state index in [2.05, 4.69) is 10.6 Å². The number of carbonyl (C=O) groups excluding carboxylic acids is 1. The van der Waals surface area contributed by atoms with Gasteiger partial charge in [0, 0.05) is 5.02 Å². The van der Waals surface area contributed by atoms with Crippen LogP contribution < -0.4 is 10.6 Å². The van der Waals surface area contributed by atoms with E-state index in [-0.39, 0.29) is 24.9 Å². The Labute approximate surface area is 111 Å². The number of carbonyl (C=O) groups is 1. The van der Waals surface area contributed by atoms with Crippen molar-refractivity contribution < 1.29 is 4.79 Å². The second kappa shape index (κ2) is 7.74. The number of hydrogen-bond acceptors (Lipinski definition) is 2. The normalized spacial score (nSPS) is 9.44.